The molecule has 0 atom stereocenters. The van der Waals surface area contributed by atoms with E-state index in [0.29, 0.717) is 10.9 Å². The molecule has 2 rings (SSSR count). The van der Waals surface area contributed by atoms with Gasteiger partial charge in [0.2, 0.25) is 0 Å². The summed E-state index contributed by atoms with van der Waals surface area (Å²) < 4.78 is 5.63. The van der Waals surface area contributed by atoms with Crippen LogP contribution in [-0.4, -0.2) is 10.1 Å². The zero-order valence-corrected chi connectivity index (χ0v) is 9.83. The van der Waals surface area contributed by atoms with Gasteiger partial charge in [0.15, 0.2) is 0 Å². The van der Waals surface area contributed by atoms with Gasteiger partial charge in [0.05, 0.1) is 12.3 Å². The van der Waals surface area contributed by atoms with Crippen molar-refractivity contribution < 1.29 is 9.84 Å². The summed E-state index contributed by atoms with van der Waals surface area (Å²) in [6.07, 6.45) is 0.904. The molecule has 0 spiro atoms. The molecule has 0 aliphatic carbocycles. The molecule has 0 aliphatic rings. The SMILES string of the molecule is CCc1csc(Oc2ccccc2CO)n1. The molecule has 0 amide bonds. The molecule has 3 nitrogen and oxygen atoms in total. The highest BCUT2D eigenvalue weighted by Crippen LogP contribution is 2.27. The zero-order valence-electron chi connectivity index (χ0n) is 9.01. The summed E-state index contributed by atoms with van der Waals surface area (Å²) in [5.41, 5.74) is 1.80. The van der Waals surface area contributed by atoms with Gasteiger partial charge in [-0.2, -0.15) is 0 Å². The Hall–Kier alpha value is -1.39. The Morgan fingerprint density at radius 1 is 1.38 bits per heavy atom. The first-order valence-corrected chi connectivity index (χ1v) is 6.02. The van der Waals surface area contributed by atoms with Crippen LogP contribution in [-0.2, 0) is 13.0 Å². The number of thiazole rings is 1. The normalized spacial score (nSPS) is 10.4. The molecule has 84 valence electrons. The lowest BCUT2D eigenvalue weighted by Crippen LogP contribution is -1.91. The van der Waals surface area contributed by atoms with E-state index in [0.717, 1.165) is 17.7 Å². The van der Waals surface area contributed by atoms with Crippen molar-refractivity contribution in [3.05, 3.63) is 40.9 Å². The molecular formula is C12H13NO2S. The van der Waals surface area contributed by atoms with Gasteiger partial charge in [-0.05, 0) is 12.5 Å². The number of aryl methyl sites for hydroxylation is 1. The van der Waals surface area contributed by atoms with Gasteiger partial charge in [-0.25, -0.2) is 4.98 Å². The Labute approximate surface area is 98.4 Å². The molecule has 16 heavy (non-hydrogen) atoms. The topological polar surface area (TPSA) is 42.4 Å². The van der Waals surface area contributed by atoms with Crippen molar-refractivity contribution in [3.63, 3.8) is 0 Å². The second-order valence-electron chi connectivity index (χ2n) is 3.33. The van der Waals surface area contributed by atoms with E-state index in [2.05, 4.69) is 11.9 Å². The molecule has 2 aromatic rings. The average molecular weight is 235 g/mol. The minimum Gasteiger partial charge on any atom is -0.431 e. The van der Waals surface area contributed by atoms with Crippen LogP contribution >= 0.6 is 11.3 Å². The number of nitrogens with zero attached hydrogens (tertiary/aromatic N) is 1. The lowest BCUT2D eigenvalue weighted by Gasteiger charge is -2.05. The number of benzene rings is 1. The molecule has 1 aromatic carbocycles. The standard InChI is InChI=1S/C12H13NO2S/c1-2-10-8-16-12(13-10)15-11-6-4-3-5-9(11)7-14/h3-6,8,14H,2,7H2,1H3. The number of hydrogen-bond donors (Lipinski definition) is 1. The van der Waals surface area contributed by atoms with Gasteiger partial charge in [-0.1, -0.05) is 36.5 Å². The fraction of sp³-hybridized carbons (Fsp3) is 0.250. The summed E-state index contributed by atoms with van der Waals surface area (Å²) in [4.78, 5) is 4.31. The van der Waals surface area contributed by atoms with Crippen LogP contribution in [0.4, 0.5) is 0 Å². The Morgan fingerprint density at radius 3 is 2.88 bits per heavy atom. The Morgan fingerprint density at radius 2 is 2.19 bits per heavy atom. The first-order chi connectivity index (χ1) is 7.83. The molecule has 1 aromatic heterocycles. The summed E-state index contributed by atoms with van der Waals surface area (Å²) >= 11 is 1.47. The summed E-state index contributed by atoms with van der Waals surface area (Å²) in [6, 6.07) is 7.42. The van der Waals surface area contributed by atoms with Crippen molar-refractivity contribution in [3.8, 4) is 10.9 Å². The van der Waals surface area contributed by atoms with E-state index in [9.17, 15) is 0 Å². The van der Waals surface area contributed by atoms with E-state index in [-0.39, 0.29) is 6.61 Å². The van der Waals surface area contributed by atoms with Gasteiger partial charge in [-0.15, -0.1) is 0 Å². The molecule has 0 fully saturated rings. The smallest absolute Gasteiger partial charge is 0.278 e. The molecule has 1 N–H and O–H groups in total. The van der Waals surface area contributed by atoms with Crippen LogP contribution < -0.4 is 4.74 Å². The third-order valence-corrected chi connectivity index (χ3v) is 3.00. The Balaban J connectivity index is 2.19. The average Bonchev–Trinajstić information content (AvgIpc) is 2.77. The van der Waals surface area contributed by atoms with E-state index < -0.39 is 0 Å². The number of para-hydroxylation sites is 1. The highest BCUT2D eigenvalue weighted by atomic mass is 32.1. The third-order valence-electron chi connectivity index (χ3n) is 2.23. The number of ether oxygens (including phenoxy) is 1. The van der Waals surface area contributed by atoms with E-state index in [1.807, 2.05) is 29.6 Å². The fourth-order valence-electron chi connectivity index (χ4n) is 1.33. The third kappa shape index (κ3) is 2.40. The van der Waals surface area contributed by atoms with Crippen molar-refractivity contribution in [1.29, 1.82) is 0 Å². The predicted molar refractivity (Wildman–Crippen MR) is 63.9 cm³/mol. The molecule has 0 bridgehead atoms. The highest BCUT2D eigenvalue weighted by Gasteiger charge is 2.06. The van der Waals surface area contributed by atoms with Gasteiger partial charge in [0.25, 0.3) is 5.19 Å². The lowest BCUT2D eigenvalue weighted by molar-refractivity contribution is 0.276. The second-order valence-corrected chi connectivity index (χ2v) is 4.15. The summed E-state index contributed by atoms with van der Waals surface area (Å²) in [6.45, 7) is 2.03. The van der Waals surface area contributed by atoms with Gasteiger partial charge < -0.3 is 9.84 Å². The molecule has 1 heterocycles. The molecule has 0 aliphatic heterocycles. The molecule has 0 saturated heterocycles. The van der Waals surface area contributed by atoms with Gasteiger partial charge in [0.1, 0.15) is 5.75 Å². The molecule has 0 saturated carbocycles. The van der Waals surface area contributed by atoms with E-state index in [1.165, 1.54) is 11.3 Å². The monoisotopic (exact) mass is 235 g/mol. The molecule has 4 heteroatoms. The van der Waals surface area contributed by atoms with Crippen molar-refractivity contribution in [2.45, 2.75) is 20.0 Å². The molecule has 0 unspecified atom stereocenters. The Kier molecular flexibility index (Phi) is 3.54. The number of aliphatic hydroxyl groups excluding tert-OH is 1. The van der Waals surface area contributed by atoms with Crippen LogP contribution in [0.2, 0.25) is 0 Å². The van der Waals surface area contributed by atoms with Crippen LogP contribution in [0.5, 0.6) is 10.9 Å². The minimum absolute atomic E-state index is 0.0256. The first kappa shape index (κ1) is 11.1. The van der Waals surface area contributed by atoms with Crippen LogP contribution in [0.1, 0.15) is 18.2 Å². The lowest BCUT2D eigenvalue weighted by atomic mass is 10.2. The summed E-state index contributed by atoms with van der Waals surface area (Å²) in [5.74, 6) is 0.669. The van der Waals surface area contributed by atoms with Crippen molar-refractivity contribution in [1.82, 2.24) is 4.98 Å². The number of aliphatic hydroxyl groups is 1. The Bertz CT molecular complexity index is 468. The van der Waals surface area contributed by atoms with Gasteiger partial charge >= 0.3 is 0 Å². The van der Waals surface area contributed by atoms with Gasteiger partial charge in [-0.3, -0.25) is 0 Å². The maximum Gasteiger partial charge on any atom is 0.278 e. The van der Waals surface area contributed by atoms with Gasteiger partial charge in [0, 0.05) is 10.9 Å². The fourth-order valence-corrected chi connectivity index (χ4v) is 2.09. The van der Waals surface area contributed by atoms with Crippen molar-refractivity contribution in [2.75, 3.05) is 0 Å². The second kappa shape index (κ2) is 5.09. The van der Waals surface area contributed by atoms with Crippen molar-refractivity contribution >= 4 is 11.3 Å². The first-order valence-electron chi connectivity index (χ1n) is 5.14. The van der Waals surface area contributed by atoms with Crippen LogP contribution in [0.3, 0.4) is 0 Å². The number of rotatable bonds is 4. The minimum atomic E-state index is -0.0256. The number of aromatic nitrogens is 1. The van der Waals surface area contributed by atoms with Crippen molar-refractivity contribution in [2.24, 2.45) is 0 Å². The van der Waals surface area contributed by atoms with Crippen LogP contribution in [0, 0.1) is 0 Å². The highest BCUT2D eigenvalue weighted by molar-refractivity contribution is 7.11. The zero-order chi connectivity index (χ0) is 11.4. The van der Waals surface area contributed by atoms with E-state index in [4.69, 9.17) is 9.84 Å². The molecular weight excluding hydrogens is 222 g/mol. The van der Waals surface area contributed by atoms with Crippen LogP contribution in [0.25, 0.3) is 0 Å². The molecule has 0 radical (unpaired) electrons. The predicted octanol–water partition coefficient (Wildman–Crippen LogP) is 2.99. The largest absolute Gasteiger partial charge is 0.431 e. The van der Waals surface area contributed by atoms with Crippen LogP contribution in [0.15, 0.2) is 29.6 Å². The maximum absolute atomic E-state index is 9.15. The van der Waals surface area contributed by atoms with E-state index in [1.54, 1.807) is 0 Å². The summed E-state index contributed by atoms with van der Waals surface area (Å²) in [7, 11) is 0. The quantitative estimate of drug-likeness (QED) is 0.885. The summed E-state index contributed by atoms with van der Waals surface area (Å²) in [5, 5.41) is 11.8. The maximum atomic E-state index is 9.15. The van der Waals surface area contributed by atoms with E-state index >= 15 is 0 Å². The number of hydrogen-bond acceptors (Lipinski definition) is 4.